The second-order valence-corrected chi connectivity index (χ2v) is 4.32. The summed E-state index contributed by atoms with van der Waals surface area (Å²) in [6.07, 6.45) is 4.19. The molecule has 0 aromatic heterocycles. The van der Waals surface area contributed by atoms with E-state index >= 15 is 0 Å². The quantitative estimate of drug-likeness (QED) is 0.537. The maximum Gasteiger partial charge on any atom is -0.00693 e. The summed E-state index contributed by atoms with van der Waals surface area (Å²) in [5, 5.41) is 0. The van der Waals surface area contributed by atoms with E-state index in [9.17, 15) is 0 Å². The maximum atomic E-state index is 4.29. The van der Waals surface area contributed by atoms with Crippen LogP contribution < -0.4 is 0 Å². The molecule has 0 nitrogen and oxygen atoms in total. The van der Waals surface area contributed by atoms with Gasteiger partial charge in [-0.2, -0.15) is 12.6 Å². The summed E-state index contributed by atoms with van der Waals surface area (Å²) in [5.74, 6) is 1.99. The molecule has 1 saturated carbocycles. The van der Waals surface area contributed by atoms with E-state index in [1.165, 1.54) is 19.3 Å². The van der Waals surface area contributed by atoms with E-state index in [4.69, 9.17) is 0 Å². The maximum absolute atomic E-state index is 4.29. The van der Waals surface area contributed by atoms with Crippen LogP contribution in [0.5, 0.6) is 0 Å². The van der Waals surface area contributed by atoms with Crippen LogP contribution in [0.25, 0.3) is 0 Å². The first-order valence-electron chi connectivity index (χ1n) is 3.75. The van der Waals surface area contributed by atoms with Crippen molar-refractivity contribution in [3.63, 3.8) is 0 Å². The summed E-state index contributed by atoms with van der Waals surface area (Å²) >= 11 is 4.29. The second kappa shape index (κ2) is 2.53. The Balaban J connectivity index is 2.38. The topological polar surface area (TPSA) is 0 Å². The van der Waals surface area contributed by atoms with Crippen molar-refractivity contribution in [1.82, 2.24) is 0 Å². The van der Waals surface area contributed by atoms with Gasteiger partial charge in [-0.05, 0) is 36.3 Å². The van der Waals surface area contributed by atoms with E-state index in [0.29, 0.717) is 5.41 Å². The predicted molar refractivity (Wildman–Crippen MR) is 45.0 cm³/mol. The van der Waals surface area contributed by atoms with Gasteiger partial charge in [0.05, 0.1) is 0 Å². The van der Waals surface area contributed by atoms with Crippen LogP contribution >= 0.6 is 12.6 Å². The minimum atomic E-state index is 0.618. The van der Waals surface area contributed by atoms with Gasteiger partial charge in [-0.15, -0.1) is 0 Å². The molecular formula is C8H16S. The molecular weight excluding hydrogens is 128 g/mol. The zero-order valence-electron chi connectivity index (χ0n) is 6.35. The number of thiol groups is 1. The van der Waals surface area contributed by atoms with E-state index < -0.39 is 0 Å². The Hall–Kier alpha value is 0.350. The molecule has 1 rings (SSSR count). The molecule has 0 radical (unpaired) electrons. The van der Waals surface area contributed by atoms with E-state index in [1.807, 2.05) is 0 Å². The summed E-state index contributed by atoms with van der Waals surface area (Å²) in [6, 6.07) is 0. The fourth-order valence-corrected chi connectivity index (χ4v) is 2.05. The summed E-state index contributed by atoms with van der Waals surface area (Å²) in [4.78, 5) is 0. The van der Waals surface area contributed by atoms with Gasteiger partial charge >= 0.3 is 0 Å². The highest BCUT2D eigenvalue weighted by atomic mass is 32.1. The lowest BCUT2D eigenvalue weighted by Crippen LogP contribution is -2.05. The summed E-state index contributed by atoms with van der Waals surface area (Å²) in [7, 11) is 0. The molecule has 1 heteroatoms. The molecule has 1 aliphatic rings. The van der Waals surface area contributed by atoms with Crippen molar-refractivity contribution in [3.8, 4) is 0 Å². The Kier molecular flexibility index (Phi) is 2.10. The molecule has 54 valence electrons. The van der Waals surface area contributed by atoms with Crippen LogP contribution in [0.2, 0.25) is 0 Å². The summed E-state index contributed by atoms with van der Waals surface area (Å²) in [6.45, 7) is 4.72. The minimum Gasteiger partial charge on any atom is -0.179 e. The molecule has 0 bridgehead atoms. The zero-order valence-corrected chi connectivity index (χ0v) is 7.25. The molecule has 0 N–H and O–H groups in total. The van der Waals surface area contributed by atoms with Gasteiger partial charge in [0.1, 0.15) is 0 Å². The molecule has 1 fully saturated rings. The van der Waals surface area contributed by atoms with Crippen LogP contribution in [-0.4, -0.2) is 5.75 Å². The standard InChI is InChI=1S/C8H16S/c1-8(2)4-3-7(5-8)6-9/h7,9H,3-6H2,1-2H3. The fourth-order valence-electron chi connectivity index (χ4n) is 1.74. The van der Waals surface area contributed by atoms with E-state index in [0.717, 1.165) is 11.7 Å². The molecule has 1 aliphatic carbocycles. The highest BCUT2D eigenvalue weighted by Gasteiger charge is 2.29. The Morgan fingerprint density at radius 1 is 1.56 bits per heavy atom. The predicted octanol–water partition coefficient (Wildman–Crippen LogP) is 2.74. The van der Waals surface area contributed by atoms with Crippen molar-refractivity contribution in [3.05, 3.63) is 0 Å². The average molecular weight is 144 g/mol. The molecule has 0 amide bonds. The lowest BCUT2D eigenvalue weighted by molar-refractivity contribution is 0.368. The van der Waals surface area contributed by atoms with Crippen molar-refractivity contribution in [2.45, 2.75) is 33.1 Å². The third kappa shape index (κ3) is 1.89. The summed E-state index contributed by atoms with van der Waals surface area (Å²) in [5.41, 5.74) is 0.618. The number of hydrogen-bond donors (Lipinski definition) is 1. The summed E-state index contributed by atoms with van der Waals surface area (Å²) < 4.78 is 0. The Morgan fingerprint density at radius 2 is 2.22 bits per heavy atom. The first kappa shape index (κ1) is 7.46. The number of hydrogen-bond acceptors (Lipinski definition) is 1. The van der Waals surface area contributed by atoms with E-state index in [1.54, 1.807) is 0 Å². The first-order chi connectivity index (χ1) is 4.14. The molecule has 0 heterocycles. The first-order valence-corrected chi connectivity index (χ1v) is 4.38. The van der Waals surface area contributed by atoms with Gasteiger partial charge < -0.3 is 0 Å². The van der Waals surface area contributed by atoms with Crippen molar-refractivity contribution in [2.75, 3.05) is 5.75 Å². The Labute approximate surface area is 63.4 Å². The molecule has 1 atom stereocenters. The Bertz CT molecular complexity index is 96.7. The van der Waals surface area contributed by atoms with Crippen LogP contribution in [0.3, 0.4) is 0 Å². The molecule has 0 spiro atoms. The largest absolute Gasteiger partial charge is 0.179 e. The van der Waals surface area contributed by atoms with Gasteiger partial charge in [-0.1, -0.05) is 13.8 Å². The molecule has 9 heavy (non-hydrogen) atoms. The Morgan fingerprint density at radius 3 is 2.44 bits per heavy atom. The van der Waals surface area contributed by atoms with Crippen molar-refractivity contribution in [2.24, 2.45) is 11.3 Å². The van der Waals surface area contributed by atoms with Crippen molar-refractivity contribution < 1.29 is 0 Å². The fraction of sp³-hybridized carbons (Fsp3) is 1.00. The number of rotatable bonds is 1. The highest BCUT2D eigenvalue weighted by molar-refractivity contribution is 7.80. The smallest absolute Gasteiger partial charge is 0.00693 e. The lowest BCUT2D eigenvalue weighted by Gasteiger charge is -2.15. The van der Waals surface area contributed by atoms with E-state index in [2.05, 4.69) is 26.5 Å². The van der Waals surface area contributed by atoms with Crippen LogP contribution in [0, 0.1) is 11.3 Å². The van der Waals surface area contributed by atoms with Crippen molar-refractivity contribution >= 4 is 12.6 Å². The SMILES string of the molecule is CC1(C)CCC(CS)C1. The molecule has 0 aliphatic heterocycles. The minimum absolute atomic E-state index is 0.618. The van der Waals surface area contributed by atoms with E-state index in [-0.39, 0.29) is 0 Å². The zero-order chi connectivity index (χ0) is 6.91. The monoisotopic (exact) mass is 144 g/mol. The van der Waals surface area contributed by atoms with Gasteiger partial charge in [-0.25, -0.2) is 0 Å². The van der Waals surface area contributed by atoms with Gasteiger partial charge in [0, 0.05) is 0 Å². The van der Waals surface area contributed by atoms with Crippen LogP contribution in [0.15, 0.2) is 0 Å². The molecule has 0 aromatic rings. The van der Waals surface area contributed by atoms with Gasteiger partial charge in [0.15, 0.2) is 0 Å². The van der Waals surface area contributed by atoms with Crippen molar-refractivity contribution in [1.29, 1.82) is 0 Å². The third-order valence-corrected chi connectivity index (χ3v) is 2.85. The highest BCUT2D eigenvalue weighted by Crippen LogP contribution is 2.40. The van der Waals surface area contributed by atoms with Gasteiger partial charge in [0.25, 0.3) is 0 Å². The average Bonchev–Trinajstić information content (AvgIpc) is 2.10. The normalized spacial score (nSPS) is 33.0. The van der Waals surface area contributed by atoms with Gasteiger partial charge in [-0.3, -0.25) is 0 Å². The van der Waals surface area contributed by atoms with Gasteiger partial charge in [0.2, 0.25) is 0 Å². The third-order valence-electron chi connectivity index (χ3n) is 2.33. The molecule has 0 aromatic carbocycles. The molecule has 1 unspecified atom stereocenters. The van der Waals surface area contributed by atoms with Crippen LogP contribution in [-0.2, 0) is 0 Å². The molecule has 0 saturated heterocycles. The second-order valence-electron chi connectivity index (χ2n) is 3.96. The lowest BCUT2D eigenvalue weighted by atomic mass is 9.91. The van der Waals surface area contributed by atoms with Crippen LogP contribution in [0.4, 0.5) is 0 Å². The van der Waals surface area contributed by atoms with Crippen LogP contribution in [0.1, 0.15) is 33.1 Å².